The number of aliphatic carboxylic acids is 1. The quantitative estimate of drug-likeness (QED) is 0.298. The number of carbonyl (C=O) groups excluding carboxylic acids is 1. The number of ether oxygens (including phenoxy) is 2. The number of amides is 1. The molecular weight excluding hydrogens is 546 g/mol. The summed E-state index contributed by atoms with van der Waals surface area (Å²) in [5.74, 6) is -0.566. The molecule has 0 aliphatic carbocycles. The van der Waals surface area contributed by atoms with Gasteiger partial charge in [0.05, 0.1) is 39.9 Å². The van der Waals surface area contributed by atoms with Gasteiger partial charge in [-0.3, -0.25) is 14.5 Å². The topological polar surface area (TPSA) is 97.1 Å². The van der Waals surface area contributed by atoms with Gasteiger partial charge < -0.3 is 28.5 Å². The average molecular weight is 591 g/mol. The smallest absolute Gasteiger partial charge is 0.308 e. The Kier molecular flexibility index (Phi) is 9.37. The minimum Gasteiger partial charge on any atom is -0.481 e. The van der Waals surface area contributed by atoms with Crippen molar-refractivity contribution in [1.82, 2.24) is 14.5 Å². The van der Waals surface area contributed by atoms with Gasteiger partial charge in [0.15, 0.2) is 11.5 Å². The standard InChI is InChI=1S/C33H43N5O5/c1-5-6-14-37(26-9-7-8-24(17-26)21-38(2,3)4)31(39)20-36-19-27(25-10-11-29-30(18-25)43-23-42-29)32(33(40)41)28(36)12-15-35-16-13-34-22-35/h7-11,13,16-18,22,27-28,32H,5-6,12,14-15,19-21,23H2,1-4H3/p+1/t27-,28+,32?/m1/s1. The number of imidazole rings is 1. The lowest BCUT2D eigenvalue weighted by molar-refractivity contribution is -0.884. The van der Waals surface area contributed by atoms with E-state index in [1.165, 1.54) is 5.56 Å². The van der Waals surface area contributed by atoms with Crippen molar-refractivity contribution in [1.29, 1.82) is 0 Å². The lowest BCUT2D eigenvalue weighted by Gasteiger charge is -2.30. The second kappa shape index (κ2) is 13.2. The highest BCUT2D eigenvalue weighted by Gasteiger charge is 2.47. The predicted octanol–water partition coefficient (Wildman–Crippen LogP) is 4.21. The first-order valence-electron chi connectivity index (χ1n) is 15.1. The Morgan fingerprint density at radius 2 is 1.93 bits per heavy atom. The fourth-order valence-electron chi connectivity index (χ4n) is 6.38. The Labute approximate surface area is 254 Å². The van der Waals surface area contributed by atoms with Crippen LogP contribution in [0.15, 0.2) is 61.2 Å². The number of carbonyl (C=O) groups is 2. The number of nitrogens with zero attached hydrogens (tertiary/aromatic N) is 5. The molecule has 2 aromatic carbocycles. The maximum atomic E-state index is 14.1. The zero-order chi connectivity index (χ0) is 30.6. The average Bonchev–Trinajstić information content (AvgIpc) is 3.71. The normalized spacial score (nSPS) is 20.0. The van der Waals surface area contributed by atoms with Crippen molar-refractivity contribution in [2.75, 3.05) is 52.5 Å². The van der Waals surface area contributed by atoms with Gasteiger partial charge in [-0.25, -0.2) is 4.98 Å². The highest BCUT2D eigenvalue weighted by molar-refractivity contribution is 5.95. The van der Waals surface area contributed by atoms with Gasteiger partial charge in [-0.1, -0.05) is 31.5 Å². The monoisotopic (exact) mass is 590 g/mol. The summed E-state index contributed by atoms with van der Waals surface area (Å²) in [4.78, 5) is 35.1. The number of hydrogen-bond donors (Lipinski definition) is 1. The number of anilines is 1. The van der Waals surface area contributed by atoms with Gasteiger partial charge in [0.25, 0.3) is 0 Å². The number of hydrogen-bond acceptors (Lipinski definition) is 6. The van der Waals surface area contributed by atoms with E-state index in [4.69, 9.17) is 9.47 Å². The first kappa shape index (κ1) is 30.6. The third kappa shape index (κ3) is 7.37. The Morgan fingerprint density at radius 1 is 1.12 bits per heavy atom. The molecule has 3 aromatic rings. The zero-order valence-corrected chi connectivity index (χ0v) is 25.7. The molecule has 1 aromatic heterocycles. The molecule has 43 heavy (non-hydrogen) atoms. The molecule has 1 fully saturated rings. The minimum atomic E-state index is -0.857. The van der Waals surface area contributed by atoms with Gasteiger partial charge in [-0.05, 0) is 42.7 Å². The zero-order valence-electron chi connectivity index (χ0n) is 25.7. The minimum absolute atomic E-state index is 0.0149. The predicted molar refractivity (Wildman–Crippen MR) is 164 cm³/mol. The molecule has 1 saturated heterocycles. The molecule has 1 N–H and O–H groups in total. The molecule has 1 unspecified atom stereocenters. The number of benzene rings is 2. The van der Waals surface area contributed by atoms with Gasteiger partial charge in [0.1, 0.15) is 6.54 Å². The molecule has 0 spiro atoms. The van der Waals surface area contributed by atoms with Crippen LogP contribution in [-0.2, 0) is 22.7 Å². The van der Waals surface area contributed by atoms with Crippen molar-refractivity contribution in [3.63, 3.8) is 0 Å². The fraction of sp³-hybridized carbons (Fsp3) is 0.485. The Morgan fingerprint density at radius 3 is 2.65 bits per heavy atom. The third-order valence-electron chi connectivity index (χ3n) is 8.35. The van der Waals surface area contributed by atoms with Gasteiger partial charge in [0.2, 0.25) is 12.7 Å². The summed E-state index contributed by atoms with van der Waals surface area (Å²) >= 11 is 0. The van der Waals surface area contributed by atoms with Gasteiger partial charge in [0, 0.05) is 55.2 Å². The first-order chi connectivity index (χ1) is 20.6. The molecule has 230 valence electrons. The molecule has 2 aliphatic heterocycles. The van der Waals surface area contributed by atoms with Gasteiger partial charge in [-0.15, -0.1) is 0 Å². The second-order valence-corrected chi connectivity index (χ2v) is 12.7. The van der Waals surface area contributed by atoms with Crippen molar-refractivity contribution < 1.29 is 28.7 Å². The highest BCUT2D eigenvalue weighted by Crippen LogP contribution is 2.43. The maximum Gasteiger partial charge on any atom is 0.308 e. The molecule has 10 nitrogen and oxygen atoms in total. The van der Waals surface area contributed by atoms with Crippen molar-refractivity contribution in [2.45, 2.75) is 51.2 Å². The summed E-state index contributed by atoms with van der Waals surface area (Å²) in [7, 11) is 6.46. The van der Waals surface area contributed by atoms with E-state index in [2.05, 4.69) is 50.1 Å². The van der Waals surface area contributed by atoms with E-state index in [-0.39, 0.29) is 31.2 Å². The number of aromatic nitrogens is 2. The van der Waals surface area contributed by atoms with E-state index in [0.29, 0.717) is 37.6 Å². The fourth-order valence-corrected chi connectivity index (χ4v) is 6.38. The molecule has 1 amide bonds. The van der Waals surface area contributed by atoms with Crippen molar-refractivity contribution in [2.24, 2.45) is 5.92 Å². The number of carboxylic acids is 1. The molecular formula is C33H44N5O5+. The molecule has 3 heterocycles. The van der Waals surface area contributed by atoms with E-state index in [1.54, 1.807) is 12.5 Å². The van der Waals surface area contributed by atoms with E-state index < -0.39 is 11.9 Å². The van der Waals surface area contributed by atoms with Crippen LogP contribution < -0.4 is 14.4 Å². The third-order valence-corrected chi connectivity index (χ3v) is 8.35. The molecule has 3 atom stereocenters. The number of fused-ring (bicyclic) bond motifs is 1. The number of likely N-dealkylation sites (tertiary alicyclic amines) is 1. The maximum absolute atomic E-state index is 14.1. The van der Waals surface area contributed by atoms with Crippen LogP contribution in [0.2, 0.25) is 0 Å². The number of carboxylic acid groups (broad SMARTS) is 1. The Bertz CT molecular complexity index is 1400. The van der Waals surface area contributed by atoms with Crippen molar-refractivity contribution in [3.05, 3.63) is 72.3 Å². The van der Waals surface area contributed by atoms with E-state index in [0.717, 1.165) is 35.1 Å². The van der Waals surface area contributed by atoms with Crippen molar-refractivity contribution >= 4 is 17.6 Å². The molecule has 0 bridgehead atoms. The lowest BCUT2D eigenvalue weighted by Crippen LogP contribution is -2.45. The van der Waals surface area contributed by atoms with Crippen LogP contribution in [0.3, 0.4) is 0 Å². The van der Waals surface area contributed by atoms with Crippen LogP contribution in [0.1, 0.15) is 43.2 Å². The number of aryl methyl sites for hydroxylation is 1. The number of quaternary nitrogens is 1. The van der Waals surface area contributed by atoms with Crippen LogP contribution in [0.25, 0.3) is 0 Å². The summed E-state index contributed by atoms with van der Waals surface area (Å²) in [6.07, 6.45) is 7.77. The van der Waals surface area contributed by atoms with Gasteiger partial charge >= 0.3 is 5.97 Å². The lowest BCUT2D eigenvalue weighted by atomic mass is 9.84. The van der Waals surface area contributed by atoms with E-state index >= 15 is 0 Å². The van der Waals surface area contributed by atoms with Crippen LogP contribution >= 0.6 is 0 Å². The summed E-state index contributed by atoms with van der Waals surface area (Å²) in [5.41, 5.74) is 2.95. The summed E-state index contributed by atoms with van der Waals surface area (Å²) < 4.78 is 13.8. The molecule has 2 aliphatic rings. The van der Waals surface area contributed by atoms with E-state index in [9.17, 15) is 14.7 Å². The molecule has 0 saturated carbocycles. The van der Waals surface area contributed by atoms with Gasteiger partial charge in [-0.2, -0.15) is 0 Å². The van der Waals surface area contributed by atoms with Crippen LogP contribution in [0, 0.1) is 5.92 Å². The molecule has 5 rings (SSSR count). The molecule has 0 radical (unpaired) electrons. The van der Waals surface area contributed by atoms with Crippen molar-refractivity contribution in [3.8, 4) is 11.5 Å². The summed E-state index contributed by atoms with van der Waals surface area (Å²) in [6.45, 7) is 4.95. The Hall–Kier alpha value is -3.89. The summed E-state index contributed by atoms with van der Waals surface area (Å²) in [5, 5.41) is 10.5. The second-order valence-electron chi connectivity index (χ2n) is 12.7. The summed E-state index contributed by atoms with van der Waals surface area (Å²) in [6, 6.07) is 13.6. The van der Waals surface area contributed by atoms with Crippen LogP contribution in [0.5, 0.6) is 11.5 Å². The first-order valence-corrected chi connectivity index (χ1v) is 15.1. The largest absolute Gasteiger partial charge is 0.481 e. The van der Waals surface area contributed by atoms with E-state index in [1.807, 2.05) is 46.0 Å². The number of unbranched alkanes of at least 4 members (excludes halogenated alkanes) is 1. The molecule has 10 heteroatoms. The Balaban J connectivity index is 1.43. The SMILES string of the molecule is CCCCN(C(=O)CN1C[C@H](c2ccc3c(c2)OCO3)C(C(=O)O)[C@@H]1CCn1ccnc1)c1cccc(C[N+](C)(C)C)c1. The highest BCUT2D eigenvalue weighted by atomic mass is 16.7. The van der Waals surface area contributed by atoms with Crippen LogP contribution in [-0.4, -0.2) is 89.5 Å². The van der Waals surface area contributed by atoms with Crippen LogP contribution in [0.4, 0.5) is 5.69 Å². The number of rotatable bonds is 13.